The van der Waals surface area contributed by atoms with Crippen molar-refractivity contribution in [3.8, 4) is 0 Å². The maximum absolute atomic E-state index is 6.20. The Morgan fingerprint density at radius 1 is 1.30 bits per heavy atom. The van der Waals surface area contributed by atoms with Gasteiger partial charge in [-0.15, -0.1) is 0 Å². The molecule has 2 aromatic rings. The highest BCUT2D eigenvalue weighted by Crippen LogP contribution is 2.38. The molecule has 0 amide bonds. The van der Waals surface area contributed by atoms with E-state index in [1.54, 1.807) is 12.3 Å². The highest BCUT2D eigenvalue weighted by atomic mass is 35.5. The van der Waals surface area contributed by atoms with Crippen LogP contribution in [0.4, 0.5) is 11.6 Å². The molecule has 0 saturated carbocycles. The minimum absolute atomic E-state index is 0.172. The van der Waals surface area contributed by atoms with Gasteiger partial charge in [0.1, 0.15) is 10.8 Å². The average molecular weight is 370 g/mol. The number of anilines is 2. The van der Waals surface area contributed by atoms with Gasteiger partial charge in [-0.05, 0) is 25.0 Å². The zero-order valence-corrected chi connectivity index (χ0v) is 14.7. The molecule has 2 heterocycles. The lowest BCUT2D eigenvalue weighted by molar-refractivity contribution is 0.502. The molecule has 1 saturated heterocycles. The van der Waals surface area contributed by atoms with Crippen LogP contribution in [0.2, 0.25) is 10.0 Å². The van der Waals surface area contributed by atoms with E-state index in [4.69, 9.17) is 34.7 Å². The van der Waals surface area contributed by atoms with Crippen LogP contribution >= 0.6 is 35.0 Å². The van der Waals surface area contributed by atoms with E-state index in [0.29, 0.717) is 20.9 Å². The fraction of sp³-hybridized carbons (Fsp3) is 0.333. The predicted octanol–water partition coefficient (Wildman–Crippen LogP) is 3.44. The van der Waals surface area contributed by atoms with Crippen molar-refractivity contribution in [1.82, 2.24) is 9.97 Å². The summed E-state index contributed by atoms with van der Waals surface area (Å²) in [5.74, 6) is 1.14. The Kier molecular flexibility index (Phi) is 5.16. The predicted molar refractivity (Wildman–Crippen MR) is 96.5 cm³/mol. The molecular formula is C15H17Cl2N5S. The third kappa shape index (κ3) is 3.83. The normalized spacial score (nSPS) is 18.2. The summed E-state index contributed by atoms with van der Waals surface area (Å²) in [6.45, 7) is 1.70. The van der Waals surface area contributed by atoms with Crippen molar-refractivity contribution >= 4 is 46.6 Å². The number of nitrogens with zero attached hydrogens (tertiary/aromatic N) is 3. The smallest absolute Gasteiger partial charge is 0.158 e. The van der Waals surface area contributed by atoms with Crippen molar-refractivity contribution < 1.29 is 0 Å². The summed E-state index contributed by atoms with van der Waals surface area (Å²) >= 11 is 13.6. The molecule has 1 aliphatic rings. The zero-order chi connectivity index (χ0) is 16.4. The number of hydrogen-bond donors (Lipinski definition) is 2. The van der Waals surface area contributed by atoms with Crippen LogP contribution < -0.4 is 16.4 Å². The Morgan fingerprint density at radius 2 is 2.13 bits per heavy atom. The second-order valence-corrected chi connectivity index (χ2v) is 7.24. The SMILES string of the molecule is Nc1nc(N2CCC[C@H](N)C2)cnc1Sc1cccc(Cl)c1Cl. The average Bonchev–Trinajstić information content (AvgIpc) is 2.53. The summed E-state index contributed by atoms with van der Waals surface area (Å²) in [7, 11) is 0. The summed E-state index contributed by atoms with van der Waals surface area (Å²) in [4.78, 5) is 11.8. The Balaban J connectivity index is 1.81. The molecule has 1 aromatic heterocycles. The molecular weight excluding hydrogens is 353 g/mol. The van der Waals surface area contributed by atoms with Gasteiger partial charge in [0.2, 0.25) is 0 Å². The lowest BCUT2D eigenvalue weighted by atomic mass is 10.1. The van der Waals surface area contributed by atoms with Crippen molar-refractivity contribution in [2.45, 2.75) is 28.8 Å². The van der Waals surface area contributed by atoms with E-state index >= 15 is 0 Å². The zero-order valence-electron chi connectivity index (χ0n) is 12.4. The summed E-state index contributed by atoms with van der Waals surface area (Å²) in [5.41, 5.74) is 12.1. The van der Waals surface area contributed by atoms with E-state index in [9.17, 15) is 0 Å². The molecule has 1 aromatic carbocycles. The van der Waals surface area contributed by atoms with Crippen molar-refractivity contribution in [2.75, 3.05) is 23.7 Å². The van der Waals surface area contributed by atoms with Gasteiger partial charge < -0.3 is 16.4 Å². The molecule has 3 rings (SSSR count). The van der Waals surface area contributed by atoms with Gasteiger partial charge in [-0.2, -0.15) is 0 Å². The topological polar surface area (TPSA) is 81.1 Å². The Hall–Kier alpha value is -1.21. The Bertz CT molecular complexity index is 712. The number of piperidine rings is 1. The van der Waals surface area contributed by atoms with Crippen LogP contribution in [0.3, 0.4) is 0 Å². The number of benzene rings is 1. The molecule has 1 aliphatic heterocycles. The molecule has 8 heteroatoms. The van der Waals surface area contributed by atoms with Gasteiger partial charge in [-0.3, -0.25) is 0 Å². The number of nitrogen functional groups attached to an aromatic ring is 1. The van der Waals surface area contributed by atoms with Gasteiger partial charge >= 0.3 is 0 Å². The second-order valence-electron chi connectivity index (χ2n) is 5.42. The Morgan fingerprint density at radius 3 is 2.87 bits per heavy atom. The van der Waals surface area contributed by atoms with Crippen LogP contribution in [-0.2, 0) is 0 Å². The maximum atomic E-state index is 6.20. The number of halogens is 2. The first-order valence-electron chi connectivity index (χ1n) is 7.29. The minimum atomic E-state index is 0.172. The van der Waals surface area contributed by atoms with Crippen LogP contribution in [0.1, 0.15) is 12.8 Å². The van der Waals surface area contributed by atoms with Crippen molar-refractivity contribution in [3.63, 3.8) is 0 Å². The van der Waals surface area contributed by atoms with Gasteiger partial charge in [0.25, 0.3) is 0 Å². The number of nitrogens with two attached hydrogens (primary N) is 2. The van der Waals surface area contributed by atoms with Crippen molar-refractivity contribution in [2.24, 2.45) is 5.73 Å². The fourth-order valence-corrected chi connectivity index (χ4v) is 3.78. The summed E-state index contributed by atoms with van der Waals surface area (Å²) in [6.07, 6.45) is 3.83. The second kappa shape index (κ2) is 7.13. The molecule has 1 atom stereocenters. The largest absolute Gasteiger partial charge is 0.381 e. The van der Waals surface area contributed by atoms with Crippen molar-refractivity contribution in [3.05, 3.63) is 34.4 Å². The number of rotatable bonds is 3. The van der Waals surface area contributed by atoms with E-state index < -0.39 is 0 Å². The van der Waals surface area contributed by atoms with Crippen LogP contribution in [-0.4, -0.2) is 29.1 Å². The van der Waals surface area contributed by atoms with Crippen LogP contribution in [0.25, 0.3) is 0 Å². The van der Waals surface area contributed by atoms with E-state index in [2.05, 4.69) is 14.9 Å². The third-order valence-electron chi connectivity index (χ3n) is 3.66. The molecule has 0 radical (unpaired) electrons. The highest BCUT2D eigenvalue weighted by Gasteiger charge is 2.19. The van der Waals surface area contributed by atoms with Gasteiger partial charge in [0, 0.05) is 24.0 Å². The number of hydrogen-bond acceptors (Lipinski definition) is 6. The lowest BCUT2D eigenvalue weighted by Crippen LogP contribution is -2.43. The summed E-state index contributed by atoms with van der Waals surface area (Å²) < 4.78 is 0. The molecule has 23 heavy (non-hydrogen) atoms. The summed E-state index contributed by atoms with van der Waals surface area (Å²) in [6, 6.07) is 5.62. The molecule has 1 fully saturated rings. The summed E-state index contributed by atoms with van der Waals surface area (Å²) in [5, 5.41) is 1.60. The quantitative estimate of drug-likeness (QED) is 0.862. The van der Waals surface area contributed by atoms with Crippen molar-refractivity contribution in [1.29, 1.82) is 0 Å². The Labute approximate surface area is 149 Å². The molecule has 0 spiro atoms. The van der Waals surface area contributed by atoms with E-state index in [1.165, 1.54) is 11.8 Å². The first kappa shape index (κ1) is 16.6. The van der Waals surface area contributed by atoms with Crippen LogP contribution in [0, 0.1) is 0 Å². The monoisotopic (exact) mass is 369 g/mol. The molecule has 4 N–H and O–H groups in total. The van der Waals surface area contributed by atoms with Gasteiger partial charge in [0.05, 0.1) is 16.2 Å². The van der Waals surface area contributed by atoms with Crippen LogP contribution in [0.5, 0.6) is 0 Å². The van der Waals surface area contributed by atoms with Gasteiger partial charge in [-0.25, -0.2) is 9.97 Å². The van der Waals surface area contributed by atoms with E-state index in [0.717, 1.165) is 36.6 Å². The highest BCUT2D eigenvalue weighted by molar-refractivity contribution is 7.99. The molecule has 0 bridgehead atoms. The molecule has 0 aliphatic carbocycles. The lowest BCUT2D eigenvalue weighted by Gasteiger charge is -2.31. The molecule has 0 unspecified atom stereocenters. The van der Waals surface area contributed by atoms with E-state index in [-0.39, 0.29) is 6.04 Å². The first-order chi connectivity index (χ1) is 11.0. The third-order valence-corrected chi connectivity index (χ3v) is 5.66. The maximum Gasteiger partial charge on any atom is 0.158 e. The standard InChI is InChI=1S/C15H17Cl2N5S/c16-10-4-1-5-11(13(10)17)23-15-14(19)21-12(7-20-15)22-6-2-3-9(18)8-22/h1,4-5,7,9H,2-3,6,8,18H2,(H2,19,21)/t9-/m0/s1. The fourth-order valence-electron chi connectivity index (χ4n) is 2.50. The van der Waals surface area contributed by atoms with E-state index in [1.807, 2.05) is 12.1 Å². The van der Waals surface area contributed by atoms with Crippen LogP contribution in [0.15, 0.2) is 34.3 Å². The van der Waals surface area contributed by atoms with Gasteiger partial charge in [0.15, 0.2) is 5.82 Å². The molecule has 122 valence electrons. The molecule has 5 nitrogen and oxygen atoms in total. The first-order valence-corrected chi connectivity index (χ1v) is 8.86. The number of aromatic nitrogens is 2. The van der Waals surface area contributed by atoms with Gasteiger partial charge in [-0.1, -0.05) is 41.0 Å². The minimum Gasteiger partial charge on any atom is -0.381 e.